The molecule has 1 saturated carbocycles. The first-order valence-corrected chi connectivity index (χ1v) is 7.28. The van der Waals surface area contributed by atoms with Crippen LogP contribution in [0.25, 0.3) is 0 Å². The zero-order valence-electron chi connectivity index (χ0n) is 11.8. The van der Waals surface area contributed by atoms with E-state index >= 15 is 0 Å². The Morgan fingerprint density at radius 3 is 2.95 bits per heavy atom. The molecule has 0 heterocycles. The first kappa shape index (κ1) is 14.9. The predicted molar refractivity (Wildman–Crippen MR) is 77.5 cm³/mol. The number of rotatable bonds is 5. The molecule has 0 bridgehead atoms. The van der Waals surface area contributed by atoms with Gasteiger partial charge in [0.05, 0.1) is 11.0 Å². The Morgan fingerprint density at radius 1 is 1.50 bits per heavy atom. The van der Waals surface area contributed by atoms with E-state index in [1.54, 1.807) is 12.1 Å². The summed E-state index contributed by atoms with van der Waals surface area (Å²) in [7, 11) is 0. The Labute approximate surface area is 119 Å². The summed E-state index contributed by atoms with van der Waals surface area (Å²) in [5.74, 6) is 0. The van der Waals surface area contributed by atoms with Crippen molar-refractivity contribution in [3.05, 3.63) is 39.9 Å². The van der Waals surface area contributed by atoms with Crippen molar-refractivity contribution in [2.45, 2.75) is 57.2 Å². The van der Waals surface area contributed by atoms with Crippen LogP contribution in [0.1, 0.15) is 50.6 Å². The lowest BCUT2D eigenvalue weighted by Gasteiger charge is -2.30. The number of benzene rings is 1. The van der Waals surface area contributed by atoms with Crippen molar-refractivity contribution >= 4 is 5.69 Å². The van der Waals surface area contributed by atoms with Gasteiger partial charge in [0, 0.05) is 24.2 Å². The van der Waals surface area contributed by atoms with Gasteiger partial charge in [-0.1, -0.05) is 19.1 Å². The molecule has 20 heavy (non-hydrogen) atoms. The third-order valence-electron chi connectivity index (χ3n) is 3.98. The maximum absolute atomic E-state index is 10.8. The maximum atomic E-state index is 10.8. The highest BCUT2D eigenvalue weighted by Crippen LogP contribution is 2.25. The van der Waals surface area contributed by atoms with Crippen LogP contribution in [-0.4, -0.2) is 22.2 Å². The highest BCUT2D eigenvalue weighted by atomic mass is 16.6. The molecular weight excluding hydrogens is 256 g/mol. The fraction of sp³-hybridized carbons (Fsp3) is 0.600. The summed E-state index contributed by atoms with van der Waals surface area (Å²) in [5.41, 5.74) is 1.08. The van der Waals surface area contributed by atoms with E-state index in [1.807, 2.05) is 6.07 Å². The van der Waals surface area contributed by atoms with Crippen LogP contribution in [0.3, 0.4) is 0 Å². The second kappa shape index (κ2) is 6.81. The molecule has 3 atom stereocenters. The topological polar surface area (TPSA) is 75.4 Å². The summed E-state index contributed by atoms with van der Waals surface area (Å²) in [6.45, 7) is 2.07. The predicted octanol–water partition coefficient (Wildman–Crippen LogP) is 2.94. The van der Waals surface area contributed by atoms with Gasteiger partial charge in [0.2, 0.25) is 0 Å². The number of hydrogen-bond donors (Lipinski definition) is 2. The second-order valence-corrected chi connectivity index (χ2v) is 5.50. The second-order valence-electron chi connectivity index (χ2n) is 5.50. The van der Waals surface area contributed by atoms with Gasteiger partial charge < -0.3 is 10.4 Å². The molecule has 0 spiro atoms. The Morgan fingerprint density at radius 2 is 2.30 bits per heavy atom. The molecular formula is C15H22N2O3. The molecule has 5 heteroatoms. The first-order valence-electron chi connectivity index (χ1n) is 7.28. The lowest BCUT2D eigenvalue weighted by Crippen LogP contribution is -2.38. The zero-order valence-corrected chi connectivity index (χ0v) is 11.8. The minimum Gasteiger partial charge on any atom is -0.393 e. The van der Waals surface area contributed by atoms with Gasteiger partial charge in [-0.25, -0.2) is 0 Å². The minimum absolute atomic E-state index is 0.102. The number of aliphatic hydroxyl groups excluding tert-OH is 1. The van der Waals surface area contributed by atoms with E-state index < -0.39 is 0 Å². The van der Waals surface area contributed by atoms with Crippen molar-refractivity contribution in [3.8, 4) is 0 Å². The normalized spacial score (nSPS) is 24.3. The lowest BCUT2D eigenvalue weighted by atomic mass is 9.91. The molecule has 2 rings (SSSR count). The van der Waals surface area contributed by atoms with Crippen LogP contribution in [0.4, 0.5) is 5.69 Å². The van der Waals surface area contributed by atoms with Gasteiger partial charge in [0.25, 0.3) is 5.69 Å². The van der Waals surface area contributed by atoms with Crippen molar-refractivity contribution in [2.75, 3.05) is 0 Å². The van der Waals surface area contributed by atoms with Gasteiger partial charge in [0.1, 0.15) is 0 Å². The Bertz CT molecular complexity index is 464. The number of nitro benzene ring substituents is 1. The quantitative estimate of drug-likeness (QED) is 0.641. The van der Waals surface area contributed by atoms with Crippen LogP contribution in [0.5, 0.6) is 0 Å². The fourth-order valence-corrected chi connectivity index (χ4v) is 2.90. The van der Waals surface area contributed by atoms with Crippen LogP contribution >= 0.6 is 0 Å². The Balaban J connectivity index is 2.07. The molecule has 1 aliphatic rings. The molecule has 0 radical (unpaired) electrons. The summed E-state index contributed by atoms with van der Waals surface area (Å²) in [4.78, 5) is 10.5. The number of nitrogens with one attached hydrogen (secondary N) is 1. The van der Waals surface area contributed by atoms with Crippen molar-refractivity contribution in [1.82, 2.24) is 5.32 Å². The highest BCUT2D eigenvalue weighted by Gasteiger charge is 2.23. The van der Waals surface area contributed by atoms with Gasteiger partial charge >= 0.3 is 0 Å². The molecule has 0 saturated heterocycles. The van der Waals surface area contributed by atoms with Crippen LogP contribution in [0.15, 0.2) is 24.3 Å². The van der Waals surface area contributed by atoms with E-state index in [1.165, 1.54) is 6.07 Å². The molecule has 0 aliphatic heterocycles. The van der Waals surface area contributed by atoms with Gasteiger partial charge in [-0.15, -0.1) is 0 Å². The molecule has 1 aromatic carbocycles. The fourth-order valence-electron chi connectivity index (χ4n) is 2.90. The van der Waals surface area contributed by atoms with Crippen molar-refractivity contribution in [3.63, 3.8) is 0 Å². The molecule has 3 unspecified atom stereocenters. The van der Waals surface area contributed by atoms with Gasteiger partial charge in [-0.05, 0) is 37.7 Å². The Kier molecular flexibility index (Phi) is 5.09. The van der Waals surface area contributed by atoms with Gasteiger partial charge in [-0.3, -0.25) is 10.1 Å². The van der Waals surface area contributed by atoms with Crippen molar-refractivity contribution in [1.29, 1.82) is 0 Å². The van der Waals surface area contributed by atoms with E-state index in [0.29, 0.717) is 6.04 Å². The first-order chi connectivity index (χ1) is 9.60. The smallest absolute Gasteiger partial charge is 0.269 e. The van der Waals surface area contributed by atoms with E-state index in [4.69, 9.17) is 0 Å². The van der Waals surface area contributed by atoms with E-state index in [-0.39, 0.29) is 22.8 Å². The molecule has 1 aromatic rings. The molecule has 1 aliphatic carbocycles. The van der Waals surface area contributed by atoms with Crippen LogP contribution in [-0.2, 0) is 0 Å². The minimum atomic E-state index is -0.361. The third kappa shape index (κ3) is 3.77. The monoisotopic (exact) mass is 278 g/mol. The van der Waals surface area contributed by atoms with Crippen LogP contribution < -0.4 is 5.32 Å². The highest BCUT2D eigenvalue weighted by molar-refractivity contribution is 5.35. The summed E-state index contributed by atoms with van der Waals surface area (Å²) < 4.78 is 0. The maximum Gasteiger partial charge on any atom is 0.269 e. The molecule has 0 aromatic heterocycles. The van der Waals surface area contributed by atoms with E-state index in [0.717, 1.165) is 37.7 Å². The number of aliphatic hydroxyl groups is 1. The van der Waals surface area contributed by atoms with Crippen molar-refractivity contribution in [2.24, 2.45) is 0 Å². The summed E-state index contributed by atoms with van der Waals surface area (Å²) in [6, 6.07) is 7.20. The number of hydrogen-bond acceptors (Lipinski definition) is 4. The molecule has 1 fully saturated rings. The molecule has 0 amide bonds. The number of non-ortho nitro benzene ring substituents is 1. The standard InChI is InChI=1S/C15H22N2O3/c1-2-15(16-12-6-4-8-14(18)10-12)11-5-3-7-13(9-11)17(19)20/h3,5,7,9,12,14-16,18H,2,4,6,8,10H2,1H3. The Hall–Kier alpha value is -1.46. The van der Waals surface area contributed by atoms with Crippen molar-refractivity contribution < 1.29 is 10.0 Å². The van der Waals surface area contributed by atoms with Gasteiger partial charge in [0.15, 0.2) is 0 Å². The van der Waals surface area contributed by atoms with Crippen LogP contribution in [0, 0.1) is 10.1 Å². The number of nitrogens with zero attached hydrogens (tertiary/aromatic N) is 1. The summed E-state index contributed by atoms with van der Waals surface area (Å²) in [6.07, 6.45) is 4.39. The van der Waals surface area contributed by atoms with Crippen LogP contribution in [0.2, 0.25) is 0 Å². The summed E-state index contributed by atoms with van der Waals surface area (Å²) >= 11 is 0. The van der Waals surface area contributed by atoms with E-state index in [2.05, 4.69) is 12.2 Å². The zero-order chi connectivity index (χ0) is 14.5. The molecule has 2 N–H and O–H groups in total. The lowest BCUT2D eigenvalue weighted by molar-refractivity contribution is -0.384. The molecule has 110 valence electrons. The van der Waals surface area contributed by atoms with Gasteiger partial charge in [-0.2, -0.15) is 0 Å². The SMILES string of the molecule is CCC(NC1CCCC(O)C1)c1cccc([N+](=O)[O-])c1. The number of nitro groups is 1. The largest absolute Gasteiger partial charge is 0.393 e. The summed E-state index contributed by atoms with van der Waals surface area (Å²) in [5, 5.41) is 24.1. The third-order valence-corrected chi connectivity index (χ3v) is 3.98. The average molecular weight is 278 g/mol. The molecule has 5 nitrogen and oxygen atoms in total. The average Bonchev–Trinajstić information content (AvgIpc) is 2.45. The van der Waals surface area contributed by atoms with E-state index in [9.17, 15) is 15.2 Å².